The highest BCUT2D eigenvalue weighted by molar-refractivity contribution is 5.75. The summed E-state index contributed by atoms with van der Waals surface area (Å²) in [5.74, 6) is 0.901. The zero-order chi connectivity index (χ0) is 11.0. The van der Waals surface area contributed by atoms with Crippen LogP contribution in [-0.2, 0) is 6.54 Å². The Morgan fingerprint density at radius 1 is 1.44 bits per heavy atom. The highest BCUT2D eigenvalue weighted by Gasteiger charge is 2.21. The predicted octanol–water partition coefficient (Wildman–Crippen LogP) is 2.10. The smallest absolute Gasteiger partial charge is 0.114 e. The molecule has 0 atom stereocenters. The highest BCUT2D eigenvalue weighted by atomic mass is 15.4. The first-order valence-electron chi connectivity index (χ1n) is 5.60. The topological polar surface area (TPSA) is 54.5 Å². The van der Waals surface area contributed by atoms with Crippen LogP contribution in [0.4, 0.5) is 0 Å². The Labute approximate surface area is 93.5 Å². The molecule has 1 aliphatic rings. The van der Waals surface area contributed by atoms with E-state index in [0.717, 1.165) is 23.5 Å². The van der Waals surface area contributed by atoms with Crippen molar-refractivity contribution in [2.75, 3.05) is 0 Å². The predicted molar refractivity (Wildman–Crippen MR) is 59.6 cm³/mol. The molecule has 4 nitrogen and oxygen atoms in total. The van der Waals surface area contributed by atoms with E-state index >= 15 is 0 Å². The van der Waals surface area contributed by atoms with E-state index in [1.807, 2.05) is 16.8 Å². The quantitative estimate of drug-likeness (QED) is 0.782. The zero-order valence-corrected chi connectivity index (χ0v) is 8.93. The number of nitrogens with zero attached hydrogens (tertiary/aromatic N) is 4. The zero-order valence-electron chi connectivity index (χ0n) is 8.93. The summed E-state index contributed by atoms with van der Waals surface area (Å²) in [6.07, 6.45) is 3.93. The minimum Gasteiger partial charge on any atom is -0.245 e. The SMILES string of the molecule is N#Cc1ccc2c(c1)nnn2CCC1CC1. The summed E-state index contributed by atoms with van der Waals surface area (Å²) in [6.45, 7) is 0.938. The van der Waals surface area contributed by atoms with Crippen molar-refractivity contribution < 1.29 is 0 Å². The van der Waals surface area contributed by atoms with E-state index in [9.17, 15) is 0 Å². The second-order valence-corrected chi connectivity index (χ2v) is 4.36. The van der Waals surface area contributed by atoms with Crippen LogP contribution >= 0.6 is 0 Å². The second kappa shape index (κ2) is 3.60. The molecule has 1 fully saturated rings. The van der Waals surface area contributed by atoms with E-state index in [4.69, 9.17) is 5.26 Å². The number of hydrogen-bond acceptors (Lipinski definition) is 3. The van der Waals surface area contributed by atoms with Crippen molar-refractivity contribution >= 4 is 11.0 Å². The molecule has 1 aromatic carbocycles. The Bertz CT molecular complexity index is 560. The van der Waals surface area contributed by atoms with Crippen molar-refractivity contribution in [3.8, 4) is 6.07 Å². The van der Waals surface area contributed by atoms with E-state index in [2.05, 4.69) is 16.4 Å². The lowest BCUT2D eigenvalue weighted by molar-refractivity contribution is 0.544. The fourth-order valence-electron chi connectivity index (χ4n) is 1.92. The molecule has 0 bridgehead atoms. The van der Waals surface area contributed by atoms with E-state index in [-0.39, 0.29) is 0 Å². The summed E-state index contributed by atoms with van der Waals surface area (Å²) in [6, 6.07) is 7.65. The van der Waals surface area contributed by atoms with Crippen LogP contribution in [-0.4, -0.2) is 15.0 Å². The van der Waals surface area contributed by atoms with Crippen LogP contribution in [0.3, 0.4) is 0 Å². The number of rotatable bonds is 3. The molecule has 0 unspecified atom stereocenters. The Kier molecular flexibility index (Phi) is 2.10. The van der Waals surface area contributed by atoms with Gasteiger partial charge in [-0.25, -0.2) is 4.68 Å². The molecule has 0 saturated heterocycles. The Morgan fingerprint density at radius 2 is 2.31 bits per heavy atom. The van der Waals surface area contributed by atoms with Crippen LogP contribution in [0.25, 0.3) is 11.0 Å². The number of hydrogen-bond donors (Lipinski definition) is 0. The van der Waals surface area contributed by atoms with Crippen LogP contribution in [0, 0.1) is 17.2 Å². The van der Waals surface area contributed by atoms with Crippen molar-refractivity contribution in [1.29, 1.82) is 5.26 Å². The van der Waals surface area contributed by atoms with Gasteiger partial charge in [-0.1, -0.05) is 18.1 Å². The molecule has 0 amide bonds. The maximum atomic E-state index is 8.78. The number of aryl methyl sites for hydroxylation is 1. The maximum Gasteiger partial charge on any atom is 0.114 e. The van der Waals surface area contributed by atoms with E-state index in [1.165, 1.54) is 19.3 Å². The Balaban J connectivity index is 1.90. The molecule has 3 rings (SSSR count). The average Bonchev–Trinajstić information content (AvgIpc) is 3.06. The molecule has 0 aliphatic heterocycles. The second-order valence-electron chi connectivity index (χ2n) is 4.36. The van der Waals surface area contributed by atoms with Gasteiger partial charge in [0.15, 0.2) is 0 Å². The van der Waals surface area contributed by atoms with Crippen LogP contribution < -0.4 is 0 Å². The van der Waals surface area contributed by atoms with Gasteiger partial charge in [0.05, 0.1) is 17.1 Å². The van der Waals surface area contributed by atoms with Gasteiger partial charge >= 0.3 is 0 Å². The van der Waals surface area contributed by atoms with E-state index < -0.39 is 0 Å². The third kappa shape index (κ3) is 1.65. The average molecular weight is 212 g/mol. The van der Waals surface area contributed by atoms with Gasteiger partial charge < -0.3 is 0 Å². The Hall–Kier alpha value is -1.89. The monoisotopic (exact) mass is 212 g/mol. The molecule has 1 aromatic heterocycles. The number of aromatic nitrogens is 3. The molecule has 1 heterocycles. The van der Waals surface area contributed by atoms with Crippen molar-refractivity contribution in [2.45, 2.75) is 25.8 Å². The van der Waals surface area contributed by atoms with E-state index in [0.29, 0.717) is 5.56 Å². The molecule has 80 valence electrons. The third-order valence-electron chi connectivity index (χ3n) is 3.09. The summed E-state index contributed by atoms with van der Waals surface area (Å²) >= 11 is 0. The number of fused-ring (bicyclic) bond motifs is 1. The molecule has 1 aliphatic carbocycles. The van der Waals surface area contributed by atoms with Crippen LogP contribution in [0.5, 0.6) is 0 Å². The standard InChI is InChI=1S/C12H12N4/c13-8-10-3-4-12-11(7-10)14-15-16(12)6-5-9-1-2-9/h3-4,7,9H,1-2,5-6H2. The van der Waals surface area contributed by atoms with Gasteiger partial charge in [0.2, 0.25) is 0 Å². The molecular formula is C12H12N4. The summed E-state index contributed by atoms with van der Waals surface area (Å²) < 4.78 is 1.94. The lowest BCUT2D eigenvalue weighted by Gasteiger charge is -2.00. The first-order chi connectivity index (χ1) is 7.86. The van der Waals surface area contributed by atoms with Crippen molar-refractivity contribution in [3.05, 3.63) is 23.8 Å². The molecule has 0 N–H and O–H groups in total. The van der Waals surface area contributed by atoms with Crippen molar-refractivity contribution in [2.24, 2.45) is 5.92 Å². The lowest BCUT2D eigenvalue weighted by atomic mass is 10.2. The fourth-order valence-corrected chi connectivity index (χ4v) is 1.92. The normalized spacial score (nSPS) is 15.2. The first-order valence-corrected chi connectivity index (χ1v) is 5.60. The number of benzene rings is 1. The molecule has 16 heavy (non-hydrogen) atoms. The van der Waals surface area contributed by atoms with Gasteiger partial charge in [-0.2, -0.15) is 5.26 Å². The molecule has 1 saturated carbocycles. The van der Waals surface area contributed by atoms with Gasteiger partial charge in [0.25, 0.3) is 0 Å². The van der Waals surface area contributed by atoms with Crippen LogP contribution in [0.15, 0.2) is 18.2 Å². The van der Waals surface area contributed by atoms with Crippen molar-refractivity contribution in [3.63, 3.8) is 0 Å². The number of nitriles is 1. The molecule has 0 radical (unpaired) electrons. The van der Waals surface area contributed by atoms with Gasteiger partial charge in [-0.3, -0.25) is 0 Å². The summed E-state index contributed by atoms with van der Waals surface area (Å²) in [7, 11) is 0. The highest BCUT2D eigenvalue weighted by Crippen LogP contribution is 2.32. The first kappa shape index (κ1) is 9.34. The van der Waals surface area contributed by atoms with Gasteiger partial charge in [0, 0.05) is 6.54 Å². The largest absolute Gasteiger partial charge is 0.245 e. The van der Waals surface area contributed by atoms with Crippen LogP contribution in [0.1, 0.15) is 24.8 Å². The molecule has 0 spiro atoms. The Morgan fingerprint density at radius 3 is 3.06 bits per heavy atom. The summed E-state index contributed by atoms with van der Waals surface area (Å²) in [4.78, 5) is 0. The minimum absolute atomic E-state index is 0.641. The summed E-state index contributed by atoms with van der Waals surface area (Å²) in [5, 5.41) is 17.0. The lowest BCUT2D eigenvalue weighted by Crippen LogP contribution is -2.00. The van der Waals surface area contributed by atoms with Gasteiger partial charge in [0.1, 0.15) is 5.52 Å². The molecule has 4 heteroatoms. The van der Waals surface area contributed by atoms with E-state index in [1.54, 1.807) is 6.07 Å². The van der Waals surface area contributed by atoms with Gasteiger partial charge in [-0.05, 0) is 30.5 Å². The minimum atomic E-state index is 0.641. The van der Waals surface area contributed by atoms with Gasteiger partial charge in [-0.15, -0.1) is 5.10 Å². The maximum absolute atomic E-state index is 8.78. The van der Waals surface area contributed by atoms with Crippen LogP contribution in [0.2, 0.25) is 0 Å². The summed E-state index contributed by atoms with van der Waals surface area (Å²) in [5.41, 5.74) is 2.48. The molecular weight excluding hydrogens is 200 g/mol. The molecule has 2 aromatic rings. The third-order valence-corrected chi connectivity index (χ3v) is 3.09. The fraction of sp³-hybridized carbons (Fsp3) is 0.417. The van der Waals surface area contributed by atoms with Crippen molar-refractivity contribution in [1.82, 2.24) is 15.0 Å².